The number of nitrogens with two attached hydrogens (primary N) is 1. The molecule has 1 saturated heterocycles. The van der Waals surface area contributed by atoms with Crippen LogP contribution < -0.4 is 15.2 Å². The number of carbonyl (C=O) groups excluding carboxylic acids is 1. The first-order chi connectivity index (χ1) is 16.7. The molecule has 0 saturated carbocycles. The summed E-state index contributed by atoms with van der Waals surface area (Å²) in [7, 11) is -3.23. The van der Waals surface area contributed by atoms with Crippen molar-refractivity contribution in [2.24, 2.45) is 5.73 Å². The first-order valence-corrected chi connectivity index (χ1v) is 12.9. The number of aromatic nitrogens is 1. The Morgan fingerprint density at radius 3 is 2.60 bits per heavy atom. The third kappa shape index (κ3) is 5.57. The van der Waals surface area contributed by atoms with Crippen LogP contribution >= 0.6 is 0 Å². The minimum atomic E-state index is -3.23. The number of hydrogen-bond acceptors (Lipinski definition) is 5. The zero-order valence-electron chi connectivity index (χ0n) is 19.2. The highest BCUT2D eigenvalue weighted by Crippen LogP contribution is 2.37. The quantitative estimate of drug-likeness (QED) is 0.455. The van der Waals surface area contributed by atoms with Gasteiger partial charge in [-0.25, -0.2) is 12.7 Å². The highest BCUT2D eigenvalue weighted by Gasteiger charge is 2.29. The molecule has 0 atom stereocenters. The minimum absolute atomic E-state index is 0.0266. The predicted octanol–water partition coefficient (Wildman–Crippen LogP) is 3.98. The van der Waals surface area contributed by atoms with Gasteiger partial charge in [-0.15, -0.1) is 0 Å². The molecule has 3 N–H and O–H groups in total. The van der Waals surface area contributed by atoms with Gasteiger partial charge in [-0.2, -0.15) is 8.78 Å². The molecule has 1 aromatic heterocycles. The fourth-order valence-electron chi connectivity index (χ4n) is 4.45. The van der Waals surface area contributed by atoms with E-state index in [1.165, 1.54) is 16.4 Å². The molecule has 2 heterocycles. The first kappa shape index (κ1) is 24.9. The molecule has 0 spiro atoms. The number of nitrogens with zero attached hydrogens (tertiary/aromatic N) is 1. The van der Waals surface area contributed by atoms with Gasteiger partial charge >= 0.3 is 6.61 Å². The number of sulfonamides is 1. The van der Waals surface area contributed by atoms with Crippen LogP contribution in [0.25, 0.3) is 10.9 Å². The molecule has 0 bridgehead atoms. The number of carbonyl (C=O) groups is 1. The van der Waals surface area contributed by atoms with Gasteiger partial charge in [0.05, 0.1) is 16.8 Å². The lowest BCUT2D eigenvalue weighted by atomic mass is 9.89. The summed E-state index contributed by atoms with van der Waals surface area (Å²) >= 11 is 0. The van der Waals surface area contributed by atoms with Gasteiger partial charge in [-0.05, 0) is 61.1 Å². The van der Waals surface area contributed by atoms with Crippen LogP contribution in [-0.2, 0) is 16.6 Å². The summed E-state index contributed by atoms with van der Waals surface area (Å²) in [6.07, 6.45) is 3.14. The van der Waals surface area contributed by atoms with Crippen molar-refractivity contribution in [3.63, 3.8) is 0 Å². The van der Waals surface area contributed by atoms with E-state index in [0.717, 1.165) is 10.9 Å². The summed E-state index contributed by atoms with van der Waals surface area (Å²) < 4.78 is 61.2. The average Bonchev–Trinajstić information content (AvgIpc) is 3.26. The van der Waals surface area contributed by atoms with E-state index in [0.29, 0.717) is 42.8 Å². The highest BCUT2D eigenvalue weighted by atomic mass is 32.2. The van der Waals surface area contributed by atoms with E-state index in [1.807, 2.05) is 12.3 Å². The van der Waals surface area contributed by atoms with Crippen LogP contribution in [0.1, 0.15) is 47.2 Å². The maximum atomic E-state index is 12.5. The molecular formula is C24H27F2N3O5S. The number of piperidine rings is 1. The maximum absolute atomic E-state index is 12.5. The van der Waals surface area contributed by atoms with E-state index >= 15 is 0 Å². The molecule has 8 nitrogen and oxygen atoms in total. The van der Waals surface area contributed by atoms with Crippen molar-refractivity contribution in [3.05, 3.63) is 59.3 Å². The molecule has 1 amide bonds. The van der Waals surface area contributed by atoms with E-state index < -0.39 is 22.5 Å². The normalized spacial score (nSPS) is 15.5. The molecule has 0 radical (unpaired) electrons. The average molecular weight is 508 g/mol. The van der Waals surface area contributed by atoms with E-state index in [-0.39, 0.29) is 29.6 Å². The fourth-order valence-corrected chi connectivity index (χ4v) is 5.58. The lowest BCUT2D eigenvalue weighted by Crippen LogP contribution is -2.38. The molecule has 11 heteroatoms. The minimum Gasteiger partial charge on any atom is -0.489 e. The zero-order valence-corrected chi connectivity index (χ0v) is 20.0. The largest absolute Gasteiger partial charge is 0.489 e. The Bertz CT molecular complexity index is 1320. The summed E-state index contributed by atoms with van der Waals surface area (Å²) in [6, 6.07) is 9.54. The molecule has 0 aliphatic carbocycles. The Kier molecular flexibility index (Phi) is 7.27. The summed E-state index contributed by atoms with van der Waals surface area (Å²) in [6.45, 7) is -0.354. The number of nitrogens with one attached hydrogen (secondary N) is 1. The monoisotopic (exact) mass is 507 g/mol. The molecule has 35 heavy (non-hydrogen) atoms. The fraction of sp³-hybridized carbons (Fsp3) is 0.375. The summed E-state index contributed by atoms with van der Waals surface area (Å²) in [4.78, 5) is 15.3. The Morgan fingerprint density at radius 2 is 1.94 bits per heavy atom. The van der Waals surface area contributed by atoms with Gasteiger partial charge in [0.25, 0.3) is 5.91 Å². The number of amides is 1. The molecule has 3 aromatic rings. The molecule has 2 aromatic carbocycles. The number of benzene rings is 2. The Labute approximate surface area is 202 Å². The maximum Gasteiger partial charge on any atom is 0.387 e. The van der Waals surface area contributed by atoms with Gasteiger partial charge in [0.2, 0.25) is 10.0 Å². The number of alkyl halides is 2. The Morgan fingerprint density at radius 1 is 1.20 bits per heavy atom. The molecule has 1 aliphatic heterocycles. The molecule has 188 valence electrons. The zero-order chi connectivity index (χ0) is 25.2. The lowest BCUT2D eigenvalue weighted by Gasteiger charge is -2.31. The van der Waals surface area contributed by atoms with Gasteiger partial charge in [-0.1, -0.05) is 12.1 Å². The van der Waals surface area contributed by atoms with Crippen LogP contribution in [0.5, 0.6) is 11.5 Å². The van der Waals surface area contributed by atoms with Gasteiger partial charge in [-0.3, -0.25) is 4.79 Å². The Hall–Kier alpha value is -3.18. The van der Waals surface area contributed by atoms with Gasteiger partial charge < -0.3 is 20.2 Å². The van der Waals surface area contributed by atoms with Crippen molar-refractivity contribution in [2.75, 3.05) is 18.8 Å². The van der Waals surface area contributed by atoms with Crippen LogP contribution in [0.15, 0.2) is 42.6 Å². The van der Waals surface area contributed by atoms with Crippen LogP contribution in [0, 0.1) is 0 Å². The molecule has 1 fully saturated rings. The number of rotatable bonds is 9. The number of hydrogen-bond donors (Lipinski definition) is 2. The number of halogens is 2. The van der Waals surface area contributed by atoms with Crippen molar-refractivity contribution in [2.45, 2.75) is 38.9 Å². The third-order valence-electron chi connectivity index (χ3n) is 6.24. The second kappa shape index (κ2) is 10.2. The summed E-state index contributed by atoms with van der Waals surface area (Å²) in [5.74, 6) is -0.0155. The Balaban J connectivity index is 1.57. The number of primary amides is 1. The van der Waals surface area contributed by atoms with Gasteiger partial charge in [0.1, 0.15) is 18.1 Å². The number of H-pyrrole nitrogens is 1. The molecule has 1 aliphatic rings. The molecule has 0 unspecified atom stereocenters. The van der Waals surface area contributed by atoms with Crippen molar-refractivity contribution in [1.29, 1.82) is 0 Å². The number of aromatic amines is 1. The SMILES string of the molecule is CCS(=O)(=O)N1CCC(c2c[nH]c3c(C(N)=O)cc(OCc4cccc(OC(F)F)c4)cc23)CC1. The smallest absolute Gasteiger partial charge is 0.387 e. The summed E-state index contributed by atoms with van der Waals surface area (Å²) in [5.41, 5.74) is 8.06. The third-order valence-corrected chi connectivity index (χ3v) is 8.12. The van der Waals surface area contributed by atoms with Gasteiger partial charge in [0, 0.05) is 24.7 Å². The second-order valence-corrected chi connectivity index (χ2v) is 10.6. The second-order valence-electron chi connectivity index (χ2n) is 8.39. The van der Waals surface area contributed by atoms with E-state index in [1.54, 1.807) is 25.1 Å². The van der Waals surface area contributed by atoms with Crippen LogP contribution in [0.2, 0.25) is 0 Å². The van der Waals surface area contributed by atoms with Crippen molar-refractivity contribution >= 4 is 26.8 Å². The highest BCUT2D eigenvalue weighted by molar-refractivity contribution is 7.89. The van der Waals surface area contributed by atoms with Crippen molar-refractivity contribution in [3.8, 4) is 11.5 Å². The van der Waals surface area contributed by atoms with E-state index in [9.17, 15) is 22.0 Å². The van der Waals surface area contributed by atoms with Gasteiger partial charge in [0.15, 0.2) is 0 Å². The van der Waals surface area contributed by atoms with Crippen molar-refractivity contribution < 1.29 is 31.5 Å². The van der Waals surface area contributed by atoms with Crippen LogP contribution in [0.4, 0.5) is 8.78 Å². The summed E-state index contributed by atoms with van der Waals surface area (Å²) in [5, 5.41) is 0.780. The first-order valence-electron chi connectivity index (χ1n) is 11.3. The topological polar surface area (TPSA) is 115 Å². The standard InChI is InChI=1S/C24H27F2N3O5S/c1-2-35(31,32)29-8-6-16(7-9-29)21-13-28-22-19(21)11-18(12-20(22)23(27)30)33-14-15-4-3-5-17(10-15)34-24(25)26/h3-5,10-13,16,24,28H,2,6-9,14H2,1H3,(H2,27,30). The van der Waals surface area contributed by atoms with E-state index in [2.05, 4.69) is 9.72 Å². The molecular weight excluding hydrogens is 480 g/mol. The number of ether oxygens (including phenoxy) is 2. The van der Waals surface area contributed by atoms with Crippen LogP contribution in [0.3, 0.4) is 0 Å². The molecule has 4 rings (SSSR count). The predicted molar refractivity (Wildman–Crippen MR) is 127 cm³/mol. The number of fused-ring (bicyclic) bond motifs is 1. The van der Waals surface area contributed by atoms with Crippen LogP contribution in [-0.4, -0.2) is 49.1 Å². The lowest BCUT2D eigenvalue weighted by molar-refractivity contribution is -0.0499. The van der Waals surface area contributed by atoms with Crippen molar-refractivity contribution in [1.82, 2.24) is 9.29 Å². The van der Waals surface area contributed by atoms with E-state index in [4.69, 9.17) is 10.5 Å².